The number of fused-ring (bicyclic) bond motifs is 1. The molecule has 3 nitrogen and oxygen atoms in total. The molecule has 0 unspecified atom stereocenters. The first-order chi connectivity index (χ1) is 17.2. The number of halogens is 1. The Kier molecular flexibility index (Phi) is 7.56. The fraction of sp³-hybridized carbons (Fsp3) is 0.290. The number of likely N-dealkylation sites (tertiary alicyclic amines) is 1. The number of ether oxygens (including phenoxy) is 2. The van der Waals surface area contributed by atoms with Crippen molar-refractivity contribution in [2.75, 3.05) is 26.7 Å². The van der Waals surface area contributed by atoms with E-state index >= 15 is 0 Å². The standard InChI is InChI=1S/C31H32ClNO2/c1-34-28-16-17-29-25(22-28)21-24(9-8-20-33-18-6-3-7-19-33)30(23-12-14-26(32)15-13-23)31(29)35-27-10-4-2-5-11-27/h2,4-5,10-17,21-22H,3,6-9,18-20H2,1H3. The van der Waals surface area contributed by atoms with E-state index in [1.165, 1.54) is 37.9 Å². The van der Waals surface area contributed by atoms with Gasteiger partial charge in [-0.15, -0.1) is 0 Å². The van der Waals surface area contributed by atoms with Gasteiger partial charge in [-0.3, -0.25) is 0 Å². The molecule has 1 saturated heterocycles. The molecule has 0 aromatic heterocycles. The topological polar surface area (TPSA) is 21.7 Å². The highest BCUT2D eigenvalue weighted by Crippen LogP contribution is 2.43. The average Bonchev–Trinajstić information content (AvgIpc) is 2.90. The van der Waals surface area contributed by atoms with E-state index in [-0.39, 0.29) is 0 Å². The predicted molar refractivity (Wildman–Crippen MR) is 146 cm³/mol. The van der Waals surface area contributed by atoms with Gasteiger partial charge in [-0.05, 0) is 104 Å². The third-order valence-corrected chi connectivity index (χ3v) is 7.10. The number of methoxy groups -OCH3 is 1. The highest BCUT2D eigenvalue weighted by Gasteiger charge is 2.19. The molecule has 4 heteroatoms. The number of para-hydroxylation sites is 1. The van der Waals surface area contributed by atoms with E-state index in [0.29, 0.717) is 0 Å². The summed E-state index contributed by atoms with van der Waals surface area (Å²) in [6.07, 6.45) is 6.10. The lowest BCUT2D eigenvalue weighted by atomic mass is 9.91. The molecule has 1 fully saturated rings. The van der Waals surface area contributed by atoms with Gasteiger partial charge in [-0.1, -0.05) is 54.4 Å². The molecule has 0 saturated carbocycles. The molecule has 1 aliphatic rings. The lowest BCUT2D eigenvalue weighted by Crippen LogP contribution is -2.30. The molecule has 0 N–H and O–H groups in total. The highest BCUT2D eigenvalue weighted by atomic mass is 35.5. The van der Waals surface area contributed by atoms with Gasteiger partial charge in [0.2, 0.25) is 0 Å². The van der Waals surface area contributed by atoms with E-state index in [2.05, 4.69) is 35.2 Å². The van der Waals surface area contributed by atoms with Crippen molar-refractivity contribution < 1.29 is 9.47 Å². The van der Waals surface area contributed by atoms with E-state index in [0.717, 1.165) is 63.6 Å². The maximum Gasteiger partial charge on any atom is 0.143 e. The molecule has 4 aromatic rings. The molecule has 0 aliphatic carbocycles. The van der Waals surface area contributed by atoms with Gasteiger partial charge < -0.3 is 14.4 Å². The molecule has 0 amide bonds. The quantitative estimate of drug-likeness (QED) is 0.250. The number of aryl methyl sites for hydroxylation is 1. The molecule has 1 aliphatic heterocycles. The number of nitrogens with zero attached hydrogens (tertiary/aromatic N) is 1. The predicted octanol–water partition coefficient (Wildman–Crippen LogP) is 8.38. The van der Waals surface area contributed by atoms with E-state index in [1.54, 1.807) is 7.11 Å². The number of hydrogen-bond donors (Lipinski definition) is 0. The summed E-state index contributed by atoms with van der Waals surface area (Å²) in [6, 6.07) is 26.7. The van der Waals surface area contributed by atoms with Crippen molar-refractivity contribution in [1.29, 1.82) is 0 Å². The van der Waals surface area contributed by atoms with Gasteiger partial charge in [-0.2, -0.15) is 0 Å². The van der Waals surface area contributed by atoms with Gasteiger partial charge in [-0.25, -0.2) is 0 Å². The maximum atomic E-state index is 6.63. The van der Waals surface area contributed by atoms with E-state index in [4.69, 9.17) is 21.1 Å². The summed E-state index contributed by atoms with van der Waals surface area (Å²) in [5.41, 5.74) is 3.55. The molecular formula is C31H32ClNO2. The van der Waals surface area contributed by atoms with E-state index < -0.39 is 0 Å². The summed E-state index contributed by atoms with van der Waals surface area (Å²) in [6.45, 7) is 3.58. The monoisotopic (exact) mass is 485 g/mol. The van der Waals surface area contributed by atoms with Gasteiger partial charge in [0.05, 0.1) is 7.11 Å². The summed E-state index contributed by atoms with van der Waals surface area (Å²) in [5.74, 6) is 2.55. The molecule has 0 radical (unpaired) electrons. The molecule has 0 atom stereocenters. The zero-order valence-electron chi connectivity index (χ0n) is 20.3. The number of hydrogen-bond acceptors (Lipinski definition) is 3. The third-order valence-electron chi connectivity index (χ3n) is 6.85. The zero-order chi connectivity index (χ0) is 24.0. The summed E-state index contributed by atoms with van der Waals surface area (Å²) in [5, 5.41) is 2.93. The maximum absolute atomic E-state index is 6.63. The van der Waals surface area contributed by atoms with Gasteiger partial charge in [0.25, 0.3) is 0 Å². The number of rotatable bonds is 8. The van der Waals surface area contributed by atoms with Crippen molar-refractivity contribution in [3.63, 3.8) is 0 Å². The Balaban J connectivity index is 1.61. The number of piperidine rings is 1. The lowest BCUT2D eigenvalue weighted by molar-refractivity contribution is 0.226. The first-order valence-electron chi connectivity index (χ1n) is 12.6. The molecule has 4 aromatic carbocycles. The lowest BCUT2D eigenvalue weighted by Gasteiger charge is -2.26. The third kappa shape index (κ3) is 5.63. The van der Waals surface area contributed by atoms with Gasteiger partial charge in [0.15, 0.2) is 0 Å². The Morgan fingerprint density at radius 1 is 0.829 bits per heavy atom. The molecule has 180 valence electrons. The van der Waals surface area contributed by atoms with Crippen LogP contribution in [0.2, 0.25) is 5.02 Å². The normalized spacial score (nSPS) is 14.2. The summed E-state index contributed by atoms with van der Waals surface area (Å²) >= 11 is 6.26. The molecule has 5 rings (SSSR count). The van der Waals surface area contributed by atoms with E-state index in [9.17, 15) is 0 Å². The van der Waals surface area contributed by atoms with Crippen LogP contribution in [-0.2, 0) is 6.42 Å². The molecule has 0 spiro atoms. The minimum Gasteiger partial charge on any atom is -0.497 e. The Morgan fingerprint density at radius 2 is 1.60 bits per heavy atom. The molecular weight excluding hydrogens is 454 g/mol. The summed E-state index contributed by atoms with van der Waals surface area (Å²) in [7, 11) is 1.71. The second kappa shape index (κ2) is 11.2. The average molecular weight is 486 g/mol. The largest absolute Gasteiger partial charge is 0.497 e. The van der Waals surface area contributed by atoms with Gasteiger partial charge in [0, 0.05) is 16.0 Å². The van der Waals surface area contributed by atoms with Crippen LogP contribution in [0.15, 0.2) is 78.9 Å². The van der Waals surface area contributed by atoms with Crippen LogP contribution in [0.3, 0.4) is 0 Å². The van der Waals surface area contributed by atoms with E-state index in [1.807, 2.05) is 48.5 Å². The molecule has 1 heterocycles. The molecule has 35 heavy (non-hydrogen) atoms. The van der Waals surface area contributed by atoms with Crippen molar-refractivity contribution in [1.82, 2.24) is 4.90 Å². The van der Waals surface area contributed by atoms with Gasteiger partial charge >= 0.3 is 0 Å². The Bertz CT molecular complexity index is 1260. The first kappa shape index (κ1) is 23.7. The van der Waals surface area contributed by atoms with Crippen molar-refractivity contribution >= 4 is 22.4 Å². The minimum absolute atomic E-state index is 0.733. The van der Waals surface area contributed by atoms with Crippen LogP contribution < -0.4 is 9.47 Å². The Labute approximate surface area is 213 Å². The first-order valence-corrected chi connectivity index (χ1v) is 12.9. The second-order valence-corrected chi connectivity index (χ2v) is 9.69. The number of benzene rings is 4. The van der Waals surface area contributed by atoms with Crippen molar-refractivity contribution in [3.05, 3.63) is 89.4 Å². The molecule has 0 bridgehead atoms. The van der Waals surface area contributed by atoms with Crippen LogP contribution >= 0.6 is 11.6 Å². The second-order valence-electron chi connectivity index (χ2n) is 9.25. The summed E-state index contributed by atoms with van der Waals surface area (Å²) in [4.78, 5) is 2.61. The van der Waals surface area contributed by atoms with Crippen LogP contribution in [0, 0.1) is 0 Å². The van der Waals surface area contributed by atoms with Crippen LogP contribution in [-0.4, -0.2) is 31.6 Å². The van der Waals surface area contributed by atoms with Crippen molar-refractivity contribution in [3.8, 4) is 28.4 Å². The smallest absolute Gasteiger partial charge is 0.143 e. The summed E-state index contributed by atoms with van der Waals surface area (Å²) < 4.78 is 12.2. The SMILES string of the molecule is COc1ccc2c(Oc3ccccc3)c(-c3ccc(Cl)cc3)c(CCCN3CCCCC3)cc2c1. The highest BCUT2D eigenvalue weighted by molar-refractivity contribution is 6.30. The Morgan fingerprint density at radius 3 is 2.34 bits per heavy atom. The van der Waals surface area contributed by atoms with Crippen LogP contribution in [0.4, 0.5) is 0 Å². The fourth-order valence-corrected chi connectivity index (χ4v) is 5.18. The van der Waals surface area contributed by atoms with Gasteiger partial charge in [0.1, 0.15) is 17.2 Å². The van der Waals surface area contributed by atoms with Crippen LogP contribution in [0.1, 0.15) is 31.2 Å². The van der Waals surface area contributed by atoms with Crippen molar-refractivity contribution in [2.45, 2.75) is 32.1 Å². The Hall–Kier alpha value is -3.01. The van der Waals surface area contributed by atoms with Crippen LogP contribution in [0.5, 0.6) is 17.2 Å². The zero-order valence-corrected chi connectivity index (χ0v) is 21.1. The minimum atomic E-state index is 0.733. The van der Waals surface area contributed by atoms with Crippen LogP contribution in [0.25, 0.3) is 21.9 Å². The van der Waals surface area contributed by atoms with Crippen molar-refractivity contribution in [2.24, 2.45) is 0 Å². The fourth-order valence-electron chi connectivity index (χ4n) is 5.05.